The molecule has 4 nitrogen and oxygen atoms in total. The number of benzene rings is 2. The van der Waals surface area contributed by atoms with Crippen LogP contribution in [0.1, 0.15) is 25.0 Å². The Kier molecular flexibility index (Phi) is 5.62. The molecule has 100 valence electrons. The van der Waals surface area contributed by atoms with Gasteiger partial charge in [-0.3, -0.25) is 0 Å². The Balaban J connectivity index is 0.000000956. The molecule has 2 rings (SSSR count). The molecule has 0 saturated carbocycles. The minimum atomic E-state index is -0.227. The van der Waals surface area contributed by atoms with E-state index in [9.17, 15) is 5.11 Å². The molecule has 1 N–H and O–H groups in total. The van der Waals surface area contributed by atoms with Gasteiger partial charge in [-0.15, -0.1) is 0 Å². The lowest BCUT2D eigenvalue weighted by Crippen LogP contribution is -1.92. The number of hydrogen-bond acceptors (Lipinski definition) is 4. The standard InChI is InChI=1S/C14H8N2O2.C2H6/c15-8-11-12(9-16)14(7-6-13(11)17)18-10-4-2-1-3-5-10;1-2/h1-7,17H;1-2H3. The number of hydrogen-bond donors (Lipinski definition) is 1. The number of phenols is 1. The lowest BCUT2D eigenvalue weighted by molar-refractivity contribution is 0.461. The van der Waals surface area contributed by atoms with Gasteiger partial charge in [-0.1, -0.05) is 32.0 Å². The van der Waals surface area contributed by atoms with Crippen molar-refractivity contribution in [2.45, 2.75) is 13.8 Å². The van der Waals surface area contributed by atoms with Gasteiger partial charge in [0.1, 0.15) is 40.5 Å². The molecule has 2 aromatic rings. The number of ether oxygens (including phenoxy) is 1. The van der Waals surface area contributed by atoms with Gasteiger partial charge in [-0.25, -0.2) is 0 Å². The first-order valence-electron chi connectivity index (χ1n) is 6.15. The minimum Gasteiger partial charge on any atom is -0.507 e. The second-order valence-electron chi connectivity index (χ2n) is 3.47. The van der Waals surface area contributed by atoms with Crippen LogP contribution in [0, 0.1) is 22.7 Å². The maximum Gasteiger partial charge on any atom is 0.146 e. The first kappa shape index (κ1) is 15.1. The Labute approximate surface area is 118 Å². The predicted molar refractivity (Wildman–Crippen MR) is 75.4 cm³/mol. The maximum absolute atomic E-state index is 9.48. The van der Waals surface area contributed by atoms with Crippen LogP contribution in [0.4, 0.5) is 0 Å². The van der Waals surface area contributed by atoms with Gasteiger partial charge in [0, 0.05) is 0 Å². The summed E-state index contributed by atoms with van der Waals surface area (Å²) >= 11 is 0. The molecule has 0 atom stereocenters. The van der Waals surface area contributed by atoms with E-state index < -0.39 is 0 Å². The molecule has 2 aromatic carbocycles. The molecule has 0 radical (unpaired) electrons. The number of nitriles is 2. The Hall–Kier alpha value is -2.98. The summed E-state index contributed by atoms with van der Waals surface area (Å²) in [4.78, 5) is 0. The minimum absolute atomic E-state index is 0.0290. The lowest BCUT2D eigenvalue weighted by atomic mass is 10.1. The normalized spacial score (nSPS) is 8.60. The van der Waals surface area contributed by atoms with E-state index in [-0.39, 0.29) is 22.6 Å². The van der Waals surface area contributed by atoms with Crippen LogP contribution >= 0.6 is 0 Å². The molecule has 4 heteroatoms. The molecule has 0 spiro atoms. The average Bonchev–Trinajstić information content (AvgIpc) is 2.51. The largest absolute Gasteiger partial charge is 0.507 e. The van der Waals surface area contributed by atoms with E-state index in [1.54, 1.807) is 30.3 Å². The van der Waals surface area contributed by atoms with Gasteiger partial charge in [0.05, 0.1) is 0 Å². The molecule has 20 heavy (non-hydrogen) atoms. The highest BCUT2D eigenvalue weighted by atomic mass is 16.5. The summed E-state index contributed by atoms with van der Waals surface area (Å²) in [5, 5.41) is 27.4. The topological polar surface area (TPSA) is 77.0 Å². The van der Waals surface area contributed by atoms with Crippen molar-refractivity contribution >= 4 is 0 Å². The van der Waals surface area contributed by atoms with E-state index in [0.29, 0.717) is 5.75 Å². The third-order valence-corrected chi connectivity index (χ3v) is 2.34. The fourth-order valence-electron chi connectivity index (χ4n) is 1.50. The van der Waals surface area contributed by atoms with Crippen molar-refractivity contribution in [2.24, 2.45) is 0 Å². The lowest BCUT2D eigenvalue weighted by Gasteiger charge is -2.08. The Morgan fingerprint density at radius 2 is 1.50 bits per heavy atom. The molecular weight excluding hydrogens is 252 g/mol. The van der Waals surface area contributed by atoms with Gasteiger partial charge in [0.2, 0.25) is 0 Å². The summed E-state index contributed by atoms with van der Waals surface area (Å²) in [6, 6.07) is 15.4. The van der Waals surface area contributed by atoms with Crippen molar-refractivity contribution in [3.63, 3.8) is 0 Å². The van der Waals surface area contributed by atoms with E-state index in [4.69, 9.17) is 15.3 Å². The molecule has 0 heterocycles. The number of phenolic OH excluding ortho intramolecular Hbond substituents is 1. The summed E-state index contributed by atoms with van der Waals surface area (Å²) in [6.45, 7) is 4.00. The van der Waals surface area contributed by atoms with Crippen molar-refractivity contribution in [3.8, 4) is 29.4 Å². The summed E-state index contributed by atoms with van der Waals surface area (Å²) < 4.78 is 5.51. The van der Waals surface area contributed by atoms with Crippen LogP contribution in [0.5, 0.6) is 17.2 Å². The smallest absolute Gasteiger partial charge is 0.146 e. The van der Waals surface area contributed by atoms with Crippen molar-refractivity contribution < 1.29 is 9.84 Å². The summed E-state index contributed by atoms with van der Waals surface area (Å²) in [5.74, 6) is 0.580. The molecular formula is C16H14N2O2. The van der Waals surface area contributed by atoms with Crippen molar-refractivity contribution in [1.82, 2.24) is 0 Å². The number of aromatic hydroxyl groups is 1. The molecule has 0 aliphatic rings. The average molecular weight is 266 g/mol. The van der Waals surface area contributed by atoms with E-state index in [1.165, 1.54) is 12.1 Å². The van der Waals surface area contributed by atoms with E-state index in [1.807, 2.05) is 26.0 Å². The van der Waals surface area contributed by atoms with Crippen molar-refractivity contribution in [1.29, 1.82) is 10.5 Å². The molecule has 0 amide bonds. The van der Waals surface area contributed by atoms with Crippen LogP contribution in [-0.4, -0.2) is 5.11 Å². The third kappa shape index (κ3) is 3.28. The van der Waals surface area contributed by atoms with Gasteiger partial charge in [0.15, 0.2) is 0 Å². The highest BCUT2D eigenvalue weighted by molar-refractivity contribution is 5.60. The molecule has 0 saturated heterocycles. The van der Waals surface area contributed by atoms with Crippen LogP contribution in [0.3, 0.4) is 0 Å². The summed E-state index contributed by atoms with van der Waals surface area (Å²) in [7, 11) is 0. The number of nitrogens with zero attached hydrogens (tertiary/aromatic N) is 2. The third-order valence-electron chi connectivity index (χ3n) is 2.34. The number of para-hydroxylation sites is 1. The van der Waals surface area contributed by atoms with Crippen LogP contribution < -0.4 is 4.74 Å². The fourth-order valence-corrected chi connectivity index (χ4v) is 1.50. The van der Waals surface area contributed by atoms with Crippen molar-refractivity contribution in [2.75, 3.05) is 0 Å². The van der Waals surface area contributed by atoms with Gasteiger partial charge >= 0.3 is 0 Å². The van der Waals surface area contributed by atoms with Crippen LogP contribution in [-0.2, 0) is 0 Å². The van der Waals surface area contributed by atoms with E-state index in [2.05, 4.69) is 0 Å². The second kappa shape index (κ2) is 7.45. The maximum atomic E-state index is 9.48. The first-order chi connectivity index (χ1) is 9.76. The van der Waals surface area contributed by atoms with Crippen molar-refractivity contribution in [3.05, 3.63) is 53.6 Å². The molecule has 0 fully saturated rings. The zero-order valence-corrected chi connectivity index (χ0v) is 11.3. The highest BCUT2D eigenvalue weighted by Crippen LogP contribution is 2.31. The Morgan fingerprint density at radius 1 is 0.900 bits per heavy atom. The van der Waals surface area contributed by atoms with Crippen LogP contribution in [0.25, 0.3) is 0 Å². The molecule has 0 aromatic heterocycles. The molecule has 0 unspecified atom stereocenters. The zero-order valence-electron chi connectivity index (χ0n) is 11.3. The Bertz CT molecular complexity index is 653. The number of rotatable bonds is 2. The van der Waals surface area contributed by atoms with Gasteiger partial charge < -0.3 is 9.84 Å². The zero-order chi connectivity index (χ0) is 15.0. The van der Waals surface area contributed by atoms with Gasteiger partial charge in [-0.05, 0) is 24.3 Å². The highest BCUT2D eigenvalue weighted by Gasteiger charge is 2.14. The predicted octanol–water partition coefficient (Wildman–Crippen LogP) is 3.95. The van der Waals surface area contributed by atoms with Gasteiger partial charge in [0.25, 0.3) is 0 Å². The van der Waals surface area contributed by atoms with E-state index in [0.717, 1.165) is 0 Å². The second-order valence-corrected chi connectivity index (χ2v) is 3.47. The van der Waals surface area contributed by atoms with Crippen LogP contribution in [0.2, 0.25) is 0 Å². The monoisotopic (exact) mass is 266 g/mol. The Morgan fingerprint density at radius 3 is 2.05 bits per heavy atom. The van der Waals surface area contributed by atoms with Crippen LogP contribution in [0.15, 0.2) is 42.5 Å². The summed E-state index contributed by atoms with van der Waals surface area (Å²) in [6.07, 6.45) is 0. The first-order valence-corrected chi connectivity index (χ1v) is 6.15. The summed E-state index contributed by atoms with van der Waals surface area (Å²) in [5.41, 5.74) is -0.0488. The molecule has 0 aliphatic heterocycles. The quantitative estimate of drug-likeness (QED) is 0.892. The fraction of sp³-hybridized carbons (Fsp3) is 0.125. The molecule has 0 bridgehead atoms. The van der Waals surface area contributed by atoms with E-state index >= 15 is 0 Å². The molecule has 0 aliphatic carbocycles. The van der Waals surface area contributed by atoms with Gasteiger partial charge in [-0.2, -0.15) is 10.5 Å². The SMILES string of the molecule is CC.N#Cc1c(O)ccc(Oc2ccccc2)c1C#N.